The lowest BCUT2D eigenvalue weighted by Crippen LogP contribution is -2.38. The van der Waals surface area contributed by atoms with Crippen LogP contribution in [0.1, 0.15) is 6.92 Å². The van der Waals surface area contributed by atoms with Crippen molar-refractivity contribution in [2.75, 3.05) is 13.7 Å². The molecule has 0 aromatic carbocycles. The van der Waals surface area contributed by atoms with E-state index in [-0.39, 0.29) is 5.97 Å². The number of carbonyl (C=O) groups excluding carboxylic acids is 1. The molecule has 1 unspecified atom stereocenters. The van der Waals surface area contributed by atoms with Gasteiger partial charge in [0, 0.05) is 6.54 Å². The Morgan fingerprint density at radius 3 is 2.67 bits per heavy atom. The summed E-state index contributed by atoms with van der Waals surface area (Å²) in [5.74, 6) is -0.315. The molecule has 0 heterocycles. The number of carbonyl (C=O) groups is 1. The molecule has 0 saturated carbocycles. The molecule has 0 aliphatic rings. The summed E-state index contributed by atoms with van der Waals surface area (Å²) in [4.78, 5) is 11.1. The molecular weight excluding hydrogens is 154 g/mol. The van der Waals surface area contributed by atoms with Crippen LogP contribution < -0.4 is 5.32 Å². The molecule has 0 saturated heterocycles. The number of rotatable bonds is 5. The summed E-state index contributed by atoms with van der Waals surface area (Å²) in [5, 5.41) is 2.93. The minimum Gasteiger partial charge on any atom is -0.468 e. The normalized spacial score (nSPS) is 11.8. The van der Waals surface area contributed by atoms with E-state index in [0.717, 1.165) is 5.57 Å². The summed E-state index contributed by atoms with van der Waals surface area (Å²) in [7, 11) is 1.36. The molecule has 0 rings (SSSR count). The molecule has 0 bridgehead atoms. The van der Waals surface area contributed by atoms with Crippen LogP contribution in [-0.4, -0.2) is 25.7 Å². The summed E-state index contributed by atoms with van der Waals surface area (Å²) in [5.41, 5.74) is 0.740. The van der Waals surface area contributed by atoms with Gasteiger partial charge in [0.2, 0.25) is 0 Å². The van der Waals surface area contributed by atoms with E-state index >= 15 is 0 Å². The minimum atomic E-state index is -0.423. The molecule has 0 aromatic heterocycles. The zero-order valence-corrected chi connectivity index (χ0v) is 7.59. The van der Waals surface area contributed by atoms with Gasteiger partial charge in [0.05, 0.1) is 7.11 Å². The Balaban J connectivity index is 4.12. The molecule has 68 valence electrons. The molecule has 0 fully saturated rings. The third kappa shape index (κ3) is 3.34. The van der Waals surface area contributed by atoms with E-state index in [1.54, 1.807) is 13.0 Å². The van der Waals surface area contributed by atoms with Gasteiger partial charge in [-0.1, -0.05) is 18.2 Å². The topological polar surface area (TPSA) is 38.3 Å². The molecule has 0 aliphatic carbocycles. The molecule has 0 spiro atoms. The number of ether oxygens (including phenoxy) is 1. The number of esters is 1. The van der Waals surface area contributed by atoms with E-state index in [2.05, 4.69) is 23.2 Å². The van der Waals surface area contributed by atoms with Gasteiger partial charge in [-0.15, -0.1) is 6.58 Å². The fourth-order valence-corrected chi connectivity index (χ4v) is 0.778. The van der Waals surface area contributed by atoms with Crippen molar-refractivity contribution in [1.29, 1.82) is 0 Å². The molecule has 0 aromatic rings. The Kier molecular flexibility index (Phi) is 5.04. The Hall–Kier alpha value is -1.09. The number of hydrogen-bond donors (Lipinski definition) is 1. The maximum absolute atomic E-state index is 11.1. The highest BCUT2D eigenvalue weighted by atomic mass is 16.5. The monoisotopic (exact) mass is 169 g/mol. The first-order valence-corrected chi connectivity index (χ1v) is 3.71. The molecule has 0 amide bonds. The van der Waals surface area contributed by atoms with Gasteiger partial charge >= 0.3 is 5.97 Å². The van der Waals surface area contributed by atoms with Crippen LogP contribution in [0.3, 0.4) is 0 Å². The predicted molar refractivity (Wildman–Crippen MR) is 48.8 cm³/mol. The predicted octanol–water partition coefficient (Wildman–Crippen LogP) is 0.880. The maximum atomic E-state index is 11.1. The van der Waals surface area contributed by atoms with E-state index < -0.39 is 6.04 Å². The van der Waals surface area contributed by atoms with Crippen LogP contribution in [0, 0.1) is 0 Å². The Bertz CT molecular complexity index is 187. The van der Waals surface area contributed by atoms with Crippen molar-refractivity contribution in [3.05, 3.63) is 24.8 Å². The van der Waals surface area contributed by atoms with Gasteiger partial charge < -0.3 is 4.74 Å². The number of nitrogens with one attached hydrogen (secondary N) is 1. The molecule has 1 N–H and O–H groups in total. The van der Waals surface area contributed by atoms with Crippen molar-refractivity contribution in [2.24, 2.45) is 0 Å². The van der Waals surface area contributed by atoms with Gasteiger partial charge in [0.15, 0.2) is 0 Å². The smallest absolute Gasteiger partial charge is 0.327 e. The standard InChI is InChI=1S/C9H15NO2/c1-5-6-10-8(7(2)3)9(11)12-4/h5,8,10H,1-2,6H2,3-4H3. The average molecular weight is 169 g/mol. The van der Waals surface area contributed by atoms with Gasteiger partial charge in [-0.3, -0.25) is 10.1 Å². The van der Waals surface area contributed by atoms with Crippen LogP contribution in [0.25, 0.3) is 0 Å². The zero-order chi connectivity index (χ0) is 9.56. The first-order chi connectivity index (χ1) is 5.63. The molecule has 0 aliphatic heterocycles. The van der Waals surface area contributed by atoms with Crippen molar-refractivity contribution in [2.45, 2.75) is 13.0 Å². The molecule has 0 radical (unpaired) electrons. The molecule has 3 heteroatoms. The summed E-state index contributed by atoms with van der Waals surface area (Å²) < 4.78 is 4.57. The van der Waals surface area contributed by atoms with E-state index in [0.29, 0.717) is 6.54 Å². The maximum Gasteiger partial charge on any atom is 0.327 e. The third-order valence-electron chi connectivity index (χ3n) is 1.40. The molecular formula is C9H15NO2. The van der Waals surface area contributed by atoms with Gasteiger partial charge in [0.25, 0.3) is 0 Å². The second-order valence-corrected chi connectivity index (χ2v) is 2.50. The molecule has 3 nitrogen and oxygen atoms in total. The second-order valence-electron chi connectivity index (χ2n) is 2.50. The largest absolute Gasteiger partial charge is 0.468 e. The van der Waals surface area contributed by atoms with Gasteiger partial charge in [0.1, 0.15) is 6.04 Å². The fourth-order valence-electron chi connectivity index (χ4n) is 0.778. The minimum absolute atomic E-state index is 0.315. The van der Waals surface area contributed by atoms with Gasteiger partial charge in [-0.05, 0) is 6.92 Å². The lowest BCUT2D eigenvalue weighted by atomic mass is 10.1. The van der Waals surface area contributed by atoms with Crippen molar-refractivity contribution >= 4 is 5.97 Å². The lowest BCUT2D eigenvalue weighted by molar-refractivity contribution is -0.141. The summed E-state index contributed by atoms with van der Waals surface area (Å²) in [6, 6.07) is -0.423. The SMILES string of the molecule is C=CCNC(C(=C)C)C(=O)OC. The number of methoxy groups -OCH3 is 1. The Labute approximate surface area is 73.1 Å². The highest BCUT2D eigenvalue weighted by Crippen LogP contribution is 1.99. The lowest BCUT2D eigenvalue weighted by Gasteiger charge is -2.14. The van der Waals surface area contributed by atoms with Crippen LogP contribution >= 0.6 is 0 Å². The van der Waals surface area contributed by atoms with Gasteiger partial charge in [-0.2, -0.15) is 0 Å². The quantitative estimate of drug-likeness (QED) is 0.490. The third-order valence-corrected chi connectivity index (χ3v) is 1.40. The highest BCUT2D eigenvalue weighted by Gasteiger charge is 2.17. The zero-order valence-electron chi connectivity index (χ0n) is 7.59. The van der Waals surface area contributed by atoms with Crippen LogP contribution in [0.5, 0.6) is 0 Å². The average Bonchev–Trinajstić information content (AvgIpc) is 2.04. The highest BCUT2D eigenvalue weighted by molar-refractivity contribution is 5.79. The molecule has 12 heavy (non-hydrogen) atoms. The van der Waals surface area contributed by atoms with Crippen LogP contribution in [0.4, 0.5) is 0 Å². The first kappa shape index (κ1) is 10.9. The van der Waals surface area contributed by atoms with Gasteiger partial charge in [-0.25, -0.2) is 0 Å². The van der Waals surface area contributed by atoms with Crippen molar-refractivity contribution in [3.8, 4) is 0 Å². The van der Waals surface area contributed by atoms with Crippen molar-refractivity contribution < 1.29 is 9.53 Å². The van der Waals surface area contributed by atoms with Crippen molar-refractivity contribution in [3.63, 3.8) is 0 Å². The van der Waals surface area contributed by atoms with E-state index in [9.17, 15) is 4.79 Å². The van der Waals surface area contributed by atoms with Crippen LogP contribution in [-0.2, 0) is 9.53 Å². The summed E-state index contributed by atoms with van der Waals surface area (Å²) >= 11 is 0. The van der Waals surface area contributed by atoms with E-state index in [1.807, 2.05) is 0 Å². The van der Waals surface area contributed by atoms with E-state index in [4.69, 9.17) is 0 Å². The second kappa shape index (κ2) is 5.55. The van der Waals surface area contributed by atoms with E-state index in [1.165, 1.54) is 7.11 Å². The summed E-state index contributed by atoms with van der Waals surface area (Å²) in [6.45, 7) is 9.55. The molecule has 1 atom stereocenters. The summed E-state index contributed by atoms with van der Waals surface area (Å²) in [6.07, 6.45) is 1.68. The Morgan fingerprint density at radius 2 is 2.33 bits per heavy atom. The fraction of sp³-hybridized carbons (Fsp3) is 0.444. The number of hydrogen-bond acceptors (Lipinski definition) is 3. The first-order valence-electron chi connectivity index (χ1n) is 3.71. The van der Waals surface area contributed by atoms with Crippen LogP contribution in [0.2, 0.25) is 0 Å². The van der Waals surface area contributed by atoms with Crippen molar-refractivity contribution in [1.82, 2.24) is 5.32 Å². The Morgan fingerprint density at radius 1 is 1.75 bits per heavy atom. The van der Waals surface area contributed by atoms with Crippen LogP contribution in [0.15, 0.2) is 24.8 Å².